The first-order valence-electron chi connectivity index (χ1n) is 34.3. The summed E-state index contributed by atoms with van der Waals surface area (Å²) < 4.78 is 22.9. The molecule has 0 bridgehead atoms. The highest BCUT2D eigenvalue weighted by Crippen LogP contribution is 2.40. The van der Waals surface area contributed by atoms with Gasteiger partial charge >= 0.3 is 5.63 Å². The van der Waals surface area contributed by atoms with Crippen LogP contribution in [0.2, 0.25) is 0 Å². The number of para-hydroxylation sites is 3. The monoisotopic (exact) mass is 1410 g/mol. The molecule has 0 atom stereocenters. The van der Waals surface area contributed by atoms with Crippen molar-refractivity contribution in [3.8, 4) is 34.5 Å². The molecule has 31 heteroatoms. The van der Waals surface area contributed by atoms with E-state index in [1.54, 1.807) is 6.07 Å². The summed E-state index contributed by atoms with van der Waals surface area (Å²) in [6.07, 6.45) is 5.06. The lowest BCUT2D eigenvalue weighted by Gasteiger charge is -2.37. The molecule has 5 aromatic rings. The van der Waals surface area contributed by atoms with Crippen molar-refractivity contribution in [3.63, 3.8) is 0 Å². The van der Waals surface area contributed by atoms with Crippen molar-refractivity contribution < 1.29 is 87.6 Å². The zero-order valence-electron chi connectivity index (χ0n) is 56.8. The molecule has 13 N–H and O–H groups in total. The van der Waals surface area contributed by atoms with Crippen molar-refractivity contribution in [2.24, 2.45) is 0 Å². The smallest absolute Gasteiger partial charge is 0.349 e. The molecule has 31 nitrogen and oxygen atoms in total. The van der Waals surface area contributed by atoms with Gasteiger partial charge in [-0.05, 0) is 99.0 Å². The SMILES string of the molecule is O=C(CN1CCN(CC(=O)NCCCC(=O)c2cccc(O)c2O)CCN(CC(=O)NCCNC(=O)c2cccc(O)c2O)CCN(CC(=O)NCCNC(=O)c2cccc(O)c2O)CC1)NCCCOCCOCCOCCCNC(=O)c1cc2cc3c4c(c2oc1=O)CCCN4CCC3. The first-order chi connectivity index (χ1) is 48.8. The molecule has 1 aromatic heterocycles. The zero-order chi connectivity index (χ0) is 72.0. The normalized spacial score (nSPS) is 14.8. The minimum Gasteiger partial charge on any atom is -0.504 e. The first-order valence-corrected chi connectivity index (χ1v) is 34.3. The summed E-state index contributed by atoms with van der Waals surface area (Å²) in [6, 6.07) is 15.7. The summed E-state index contributed by atoms with van der Waals surface area (Å²) in [5.74, 6) is -6.76. The van der Waals surface area contributed by atoms with Crippen molar-refractivity contribution in [1.82, 2.24) is 56.8 Å². The van der Waals surface area contributed by atoms with Gasteiger partial charge in [0.15, 0.2) is 40.3 Å². The van der Waals surface area contributed by atoms with Crippen LogP contribution in [0, 0.1) is 0 Å². The van der Waals surface area contributed by atoms with Crippen LogP contribution in [-0.2, 0) is 46.2 Å². The van der Waals surface area contributed by atoms with Crippen LogP contribution in [0.4, 0.5) is 5.69 Å². The third-order valence-electron chi connectivity index (χ3n) is 17.3. The molecular formula is C70H94N12O19. The minimum absolute atomic E-state index is 0.00616. The molecule has 4 heterocycles. The number of fused-ring (bicyclic) bond motifs is 2. The topological polar surface area (TPSA) is 416 Å². The maximum absolute atomic E-state index is 13.6. The highest BCUT2D eigenvalue weighted by Gasteiger charge is 2.29. The van der Waals surface area contributed by atoms with Crippen LogP contribution in [0.1, 0.15) is 91.1 Å². The molecular weight excluding hydrogens is 1310 g/mol. The molecule has 1 saturated heterocycles. The molecule has 0 saturated carbocycles. The molecule has 3 aliphatic rings. The van der Waals surface area contributed by atoms with E-state index >= 15 is 0 Å². The number of nitrogens with zero attached hydrogens (tertiary/aromatic N) is 5. The zero-order valence-corrected chi connectivity index (χ0v) is 56.8. The maximum Gasteiger partial charge on any atom is 0.349 e. The summed E-state index contributed by atoms with van der Waals surface area (Å²) in [7, 11) is 0. The van der Waals surface area contributed by atoms with E-state index in [2.05, 4.69) is 48.2 Å². The van der Waals surface area contributed by atoms with Crippen LogP contribution < -0.4 is 47.7 Å². The Morgan fingerprint density at radius 1 is 0.416 bits per heavy atom. The number of nitrogens with one attached hydrogen (secondary N) is 7. The van der Waals surface area contributed by atoms with E-state index in [0.717, 1.165) is 49.7 Å². The Morgan fingerprint density at radius 2 is 0.792 bits per heavy atom. The number of hydrogen-bond acceptors (Lipinski definition) is 24. The summed E-state index contributed by atoms with van der Waals surface area (Å²) in [5.41, 5.74) is 3.04. The summed E-state index contributed by atoms with van der Waals surface area (Å²) in [4.78, 5) is 129. The van der Waals surface area contributed by atoms with Gasteiger partial charge in [0, 0.05) is 148 Å². The average molecular weight is 1410 g/mol. The van der Waals surface area contributed by atoms with Gasteiger partial charge in [-0.2, -0.15) is 0 Å². The Labute approximate surface area is 584 Å². The van der Waals surface area contributed by atoms with Crippen molar-refractivity contribution in [1.29, 1.82) is 0 Å². The maximum atomic E-state index is 13.6. The lowest BCUT2D eigenvalue weighted by atomic mass is 9.90. The Bertz CT molecular complexity index is 3620. The van der Waals surface area contributed by atoms with Crippen LogP contribution in [0.25, 0.3) is 11.0 Å². The Kier molecular flexibility index (Phi) is 30.5. The molecule has 548 valence electrons. The van der Waals surface area contributed by atoms with E-state index in [1.165, 1.54) is 65.8 Å². The van der Waals surface area contributed by atoms with E-state index < -0.39 is 75.4 Å². The second kappa shape index (κ2) is 40.0. The number of aryl methyl sites for hydroxylation is 2. The predicted molar refractivity (Wildman–Crippen MR) is 371 cm³/mol. The van der Waals surface area contributed by atoms with E-state index in [9.17, 15) is 73.8 Å². The number of carbonyl (C=O) groups excluding carboxylic acids is 8. The number of carbonyl (C=O) groups is 8. The molecule has 0 spiro atoms. The lowest BCUT2D eigenvalue weighted by molar-refractivity contribution is -0.125. The molecule has 101 heavy (non-hydrogen) atoms. The number of aromatic hydroxyl groups is 6. The highest BCUT2D eigenvalue weighted by molar-refractivity contribution is 6.00. The average Bonchev–Trinajstić information content (AvgIpc) is 0.746. The fourth-order valence-electron chi connectivity index (χ4n) is 12.0. The number of anilines is 1. The van der Waals surface area contributed by atoms with Crippen LogP contribution in [0.15, 0.2) is 75.9 Å². The first kappa shape index (κ1) is 77.1. The summed E-state index contributed by atoms with van der Waals surface area (Å²) in [5, 5.41) is 80.2. The molecule has 0 unspecified atom stereocenters. The molecule has 0 radical (unpaired) electrons. The lowest BCUT2D eigenvalue weighted by Crippen LogP contribution is -2.51. The highest BCUT2D eigenvalue weighted by atomic mass is 16.5. The molecule has 8 rings (SSSR count). The summed E-state index contributed by atoms with van der Waals surface area (Å²) >= 11 is 0. The molecule has 7 amide bonds. The number of amides is 7. The number of phenols is 6. The second-order valence-electron chi connectivity index (χ2n) is 24.8. The van der Waals surface area contributed by atoms with E-state index in [0.29, 0.717) is 71.2 Å². The molecule has 1 fully saturated rings. The van der Waals surface area contributed by atoms with Gasteiger partial charge in [-0.1, -0.05) is 18.2 Å². The van der Waals surface area contributed by atoms with Gasteiger partial charge in [0.1, 0.15) is 11.1 Å². The van der Waals surface area contributed by atoms with Gasteiger partial charge in [0.05, 0.1) is 69.3 Å². The second-order valence-corrected chi connectivity index (χ2v) is 24.8. The van der Waals surface area contributed by atoms with Crippen molar-refractivity contribution >= 4 is 63.8 Å². The van der Waals surface area contributed by atoms with Crippen molar-refractivity contribution in [2.45, 2.75) is 51.4 Å². The Hall–Kier alpha value is -9.63. The van der Waals surface area contributed by atoms with Crippen LogP contribution >= 0.6 is 0 Å². The van der Waals surface area contributed by atoms with E-state index in [1.807, 2.05) is 19.6 Å². The standard InChI is InChI=1S/C70H94N12O19/c83-54(49-10-1-14-55(84)63(49)91)17-4-18-71-58(87)43-78-27-28-79(44-59(88)72-19-7-35-98-37-39-100-40-38-99-36-8-20-75-69(96)53-42-48-41-47-9-5-25-82-26-6-13-50(62(47)82)66(48)101-70(53)97)30-32-81(46-61(90)74-22-24-77-68(95)52-12-3-16-57(86)65(52)93)34-33-80(31-29-78)45-60(89)73-21-23-76-67(94)51-11-2-15-56(85)64(51)92/h1-3,10-12,14-16,41-42,84-86,91-93H,4-9,13,17-40,43-46H2,(H,71,87)(H,72,88)(H,73,89)(H,74,90)(H,75,96)(H,76,94)(H,77,95). The van der Waals surface area contributed by atoms with Crippen LogP contribution in [0.5, 0.6) is 34.5 Å². The fourth-order valence-corrected chi connectivity index (χ4v) is 12.0. The van der Waals surface area contributed by atoms with Crippen LogP contribution in [0.3, 0.4) is 0 Å². The number of benzene rings is 4. The third-order valence-corrected chi connectivity index (χ3v) is 17.3. The van der Waals surface area contributed by atoms with Crippen molar-refractivity contribution in [3.05, 3.63) is 111 Å². The summed E-state index contributed by atoms with van der Waals surface area (Å²) in [6.45, 7) is 6.33. The number of ether oxygens (including phenoxy) is 3. The third kappa shape index (κ3) is 24.0. The van der Waals surface area contributed by atoms with E-state index in [-0.39, 0.29) is 158 Å². The number of rotatable bonds is 36. The van der Waals surface area contributed by atoms with Gasteiger partial charge in [-0.25, -0.2) is 4.79 Å². The fraction of sp³-hybridized carbons (Fsp3) is 0.500. The molecule has 3 aliphatic heterocycles. The largest absolute Gasteiger partial charge is 0.504 e. The van der Waals surface area contributed by atoms with Gasteiger partial charge in [0.2, 0.25) is 23.6 Å². The van der Waals surface area contributed by atoms with Gasteiger partial charge in [0.25, 0.3) is 17.7 Å². The number of phenolic OH excluding ortho intramolecular Hbond substituents is 6. The van der Waals surface area contributed by atoms with Crippen LogP contribution in [-0.4, -0.2) is 274 Å². The number of hydrogen-bond donors (Lipinski definition) is 13. The minimum atomic E-state index is -0.672. The van der Waals surface area contributed by atoms with Gasteiger partial charge in [-0.15, -0.1) is 0 Å². The Balaban J connectivity index is 0.784. The molecule has 4 aromatic carbocycles. The molecule has 0 aliphatic carbocycles. The van der Waals surface area contributed by atoms with Gasteiger partial charge < -0.3 is 91.4 Å². The van der Waals surface area contributed by atoms with Crippen molar-refractivity contribution in [2.75, 3.05) is 182 Å². The quantitative estimate of drug-likeness (QED) is 0.0112. The Morgan fingerprint density at radius 3 is 1.27 bits per heavy atom. The van der Waals surface area contributed by atoms with Gasteiger partial charge in [-0.3, -0.25) is 58.0 Å². The number of Topliss-reactive ketones (excluding diaryl/α,β-unsaturated/α-hetero) is 1. The predicted octanol–water partition coefficient (Wildman–Crippen LogP) is 0.495. The van der Waals surface area contributed by atoms with E-state index in [4.69, 9.17) is 18.6 Å². The number of ketones is 1.